The molecule has 0 bridgehead atoms. The minimum atomic E-state index is -2.69. The Bertz CT molecular complexity index is 1310. The quantitative estimate of drug-likeness (QED) is 0.374. The van der Waals surface area contributed by atoms with Crippen molar-refractivity contribution >= 4 is 22.8 Å². The van der Waals surface area contributed by atoms with Gasteiger partial charge in [-0.2, -0.15) is 0 Å². The number of esters is 1. The topological polar surface area (TPSA) is 102 Å². The highest BCUT2D eigenvalue weighted by atomic mass is 19.3. The largest absolute Gasteiger partial charge is 0.459 e. The van der Waals surface area contributed by atoms with Crippen LogP contribution in [-0.4, -0.2) is 50.6 Å². The molecule has 1 aliphatic heterocycles. The summed E-state index contributed by atoms with van der Waals surface area (Å²) in [4.78, 5) is 29.6. The molecule has 11 heteroatoms. The van der Waals surface area contributed by atoms with Crippen LogP contribution in [0.25, 0.3) is 11.0 Å². The van der Waals surface area contributed by atoms with Crippen LogP contribution in [0.4, 0.5) is 19.0 Å². The number of halogens is 3. The van der Waals surface area contributed by atoms with Gasteiger partial charge in [0.25, 0.3) is 0 Å². The summed E-state index contributed by atoms with van der Waals surface area (Å²) in [6.07, 6.45) is 5.28. The molecule has 8 nitrogen and oxygen atoms in total. The number of anilines is 1. The monoisotopic (exact) mass is 545 g/mol. The number of hydrogen-bond donors (Lipinski definition) is 2. The Hall–Kier alpha value is -3.21. The number of ether oxygens (including phenoxy) is 2. The smallest absolute Gasteiger partial charge is 0.317 e. The number of alkyl halides is 2. The average Bonchev–Trinajstić information content (AvgIpc) is 3.33. The molecule has 0 amide bonds. The summed E-state index contributed by atoms with van der Waals surface area (Å²) in [5, 5.41) is 3.28. The lowest BCUT2D eigenvalue weighted by Crippen LogP contribution is -2.45. The summed E-state index contributed by atoms with van der Waals surface area (Å²) < 4.78 is 55.4. The highest BCUT2D eigenvalue weighted by Gasteiger charge is 2.47. The molecule has 1 atom stereocenters. The Morgan fingerprint density at radius 1 is 1.15 bits per heavy atom. The Balaban J connectivity index is 1.54. The molecule has 210 valence electrons. The highest BCUT2D eigenvalue weighted by molar-refractivity contribution is 5.86. The van der Waals surface area contributed by atoms with Crippen LogP contribution in [0.15, 0.2) is 30.7 Å². The fourth-order valence-electron chi connectivity index (χ4n) is 5.60. The fourth-order valence-corrected chi connectivity index (χ4v) is 5.60. The normalized spacial score (nSPS) is 20.5. The molecule has 2 fully saturated rings. The van der Waals surface area contributed by atoms with Gasteiger partial charge in [-0.05, 0) is 58.4 Å². The SMILES string of the molecule is CC(C)(C)OC(=O)C1(c2ccc3[nH]c(C(Nc4cnccn4)C4CCC(F)(F)CC4)nc3c2F)CCOCC1. The molecule has 5 rings (SSSR count). The molecule has 2 N–H and O–H groups in total. The van der Waals surface area contributed by atoms with Gasteiger partial charge in [-0.15, -0.1) is 0 Å². The molecular formula is C28H34F3N5O3. The van der Waals surface area contributed by atoms with Crippen molar-refractivity contribution in [2.45, 2.75) is 82.3 Å². The van der Waals surface area contributed by atoms with Gasteiger partial charge in [-0.25, -0.2) is 23.1 Å². The zero-order chi connectivity index (χ0) is 27.8. The van der Waals surface area contributed by atoms with Crippen LogP contribution in [0.3, 0.4) is 0 Å². The van der Waals surface area contributed by atoms with Crippen molar-refractivity contribution < 1.29 is 27.4 Å². The Kier molecular flexibility index (Phi) is 7.30. The van der Waals surface area contributed by atoms with Crippen LogP contribution >= 0.6 is 0 Å². The van der Waals surface area contributed by atoms with Crippen LogP contribution in [0.2, 0.25) is 0 Å². The third-order valence-corrected chi connectivity index (χ3v) is 7.66. The summed E-state index contributed by atoms with van der Waals surface area (Å²) in [6, 6.07) is 2.80. The number of H-pyrrole nitrogens is 1. The average molecular weight is 546 g/mol. The maximum atomic E-state index is 16.3. The summed E-state index contributed by atoms with van der Waals surface area (Å²) >= 11 is 0. The van der Waals surface area contributed by atoms with Gasteiger partial charge < -0.3 is 19.8 Å². The number of aromatic amines is 1. The Morgan fingerprint density at radius 2 is 1.87 bits per heavy atom. The first kappa shape index (κ1) is 27.4. The van der Waals surface area contributed by atoms with Gasteiger partial charge in [0, 0.05) is 44.0 Å². The predicted octanol–water partition coefficient (Wildman–Crippen LogP) is 5.86. The first-order valence-electron chi connectivity index (χ1n) is 13.4. The van der Waals surface area contributed by atoms with Gasteiger partial charge in [0.2, 0.25) is 5.92 Å². The molecule has 3 aromatic rings. The van der Waals surface area contributed by atoms with E-state index in [0.29, 0.717) is 30.4 Å². The molecule has 0 spiro atoms. The van der Waals surface area contributed by atoms with Crippen molar-refractivity contribution in [3.8, 4) is 0 Å². The van der Waals surface area contributed by atoms with Crippen molar-refractivity contribution in [1.29, 1.82) is 0 Å². The second kappa shape index (κ2) is 10.4. The van der Waals surface area contributed by atoms with E-state index in [1.165, 1.54) is 12.4 Å². The summed E-state index contributed by atoms with van der Waals surface area (Å²) in [5.41, 5.74) is -1.18. The number of hydrogen-bond acceptors (Lipinski definition) is 7. The first-order valence-corrected chi connectivity index (χ1v) is 13.4. The zero-order valence-electron chi connectivity index (χ0n) is 22.4. The van der Waals surface area contributed by atoms with E-state index in [-0.39, 0.29) is 55.5 Å². The molecule has 1 aromatic carbocycles. The third kappa shape index (κ3) is 5.73. The number of fused-ring (bicyclic) bond motifs is 1. The van der Waals surface area contributed by atoms with Crippen LogP contribution in [0.5, 0.6) is 0 Å². The maximum Gasteiger partial charge on any atom is 0.317 e. The summed E-state index contributed by atoms with van der Waals surface area (Å²) in [6.45, 7) is 5.95. The standard InChI is InChI=1S/C28H34F3N5O3/c1-26(2,3)39-25(37)27(10-14-38-15-11-27)18-4-5-19-23(21(18)29)36-24(34-19)22(35-20-16-32-12-13-33-20)17-6-8-28(30,31)9-7-17/h4-5,12-13,16-17,22H,6-11,14-15H2,1-3H3,(H,33,35)(H,34,36). The number of rotatable bonds is 6. The fraction of sp³-hybridized carbons (Fsp3) is 0.571. The predicted molar refractivity (Wildman–Crippen MR) is 139 cm³/mol. The molecule has 1 saturated carbocycles. The van der Waals surface area contributed by atoms with E-state index in [2.05, 4.69) is 25.3 Å². The van der Waals surface area contributed by atoms with Crippen molar-refractivity contribution in [2.75, 3.05) is 18.5 Å². The summed E-state index contributed by atoms with van der Waals surface area (Å²) in [5.74, 6) is -3.08. The first-order chi connectivity index (χ1) is 18.5. The van der Waals surface area contributed by atoms with Gasteiger partial charge in [0.1, 0.15) is 28.2 Å². The lowest BCUT2D eigenvalue weighted by Gasteiger charge is -2.37. The summed E-state index contributed by atoms with van der Waals surface area (Å²) in [7, 11) is 0. The Morgan fingerprint density at radius 3 is 2.51 bits per heavy atom. The van der Waals surface area contributed by atoms with E-state index < -0.39 is 34.8 Å². The molecule has 39 heavy (non-hydrogen) atoms. The van der Waals surface area contributed by atoms with E-state index in [4.69, 9.17) is 9.47 Å². The van der Waals surface area contributed by atoms with E-state index in [0.717, 1.165) is 0 Å². The highest BCUT2D eigenvalue weighted by Crippen LogP contribution is 2.43. The number of imidazole rings is 1. The van der Waals surface area contributed by atoms with Crippen molar-refractivity contribution in [2.24, 2.45) is 5.92 Å². The third-order valence-electron chi connectivity index (χ3n) is 7.66. The van der Waals surface area contributed by atoms with E-state index in [9.17, 15) is 13.6 Å². The van der Waals surface area contributed by atoms with Gasteiger partial charge in [-0.1, -0.05) is 6.07 Å². The number of nitrogens with one attached hydrogen (secondary N) is 2. The van der Waals surface area contributed by atoms with Crippen molar-refractivity contribution in [3.05, 3.63) is 47.9 Å². The number of carbonyl (C=O) groups excluding carboxylic acids is 1. The lowest BCUT2D eigenvalue weighted by atomic mass is 9.73. The van der Waals surface area contributed by atoms with Crippen LogP contribution in [0, 0.1) is 11.7 Å². The van der Waals surface area contributed by atoms with Crippen LogP contribution in [0.1, 0.15) is 76.7 Å². The van der Waals surface area contributed by atoms with E-state index >= 15 is 4.39 Å². The Labute approximate surface area is 225 Å². The number of nitrogens with zero attached hydrogens (tertiary/aromatic N) is 3. The number of benzene rings is 1. The maximum absolute atomic E-state index is 16.3. The molecule has 1 unspecified atom stereocenters. The second-order valence-electron chi connectivity index (χ2n) is 11.5. The van der Waals surface area contributed by atoms with Gasteiger partial charge in [0.05, 0.1) is 17.8 Å². The van der Waals surface area contributed by atoms with Crippen LogP contribution < -0.4 is 5.32 Å². The van der Waals surface area contributed by atoms with Gasteiger partial charge in [-0.3, -0.25) is 9.78 Å². The van der Waals surface area contributed by atoms with E-state index in [1.54, 1.807) is 39.1 Å². The van der Waals surface area contributed by atoms with Crippen molar-refractivity contribution in [1.82, 2.24) is 19.9 Å². The van der Waals surface area contributed by atoms with Gasteiger partial charge >= 0.3 is 5.97 Å². The minimum Gasteiger partial charge on any atom is -0.459 e. The van der Waals surface area contributed by atoms with Crippen LogP contribution in [-0.2, 0) is 19.7 Å². The van der Waals surface area contributed by atoms with Gasteiger partial charge in [0.15, 0.2) is 5.82 Å². The van der Waals surface area contributed by atoms with Crippen molar-refractivity contribution in [3.63, 3.8) is 0 Å². The number of carbonyl (C=O) groups is 1. The van der Waals surface area contributed by atoms with E-state index in [1.807, 2.05) is 0 Å². The molecule has 2 aromatic heterocycles. The molecule has 2 aliphatic rings. The number of aromatic nitrogens is 4. The lowest BCUT2D eigenvalue weighted by molar-refractivity contribution is -0.166. The zero-order valence-corrected chi connectivity index (χ0v) is 22.4. The molecular weight excluding hydrogens is 511 g/mol. The molecule has 1 aliphatic carbocycles. The second-order valence-corrected chi connectivity index (χ2v) is 11.5. The minimum absolute atomic E-state index is 0.0870. The molecule has 1 saturated heterocycles. The molecule has 3 heterocycles. The molecule has 0 radical (unpaired) electrons.